The first-order valence-corrected chi connectivity index (χ1v) is 11.1. The van der Waals surface area contributed by atoms with Crippen molar-refractivity contribution < 1.29 is 14.3 Å². The molecule has 0 amide bonds. The summed E-state index contributed by atoms with van der Waals surface area (Å²) in [7, 11) is 1.63. The Balaban J connectivity index is 1.51. The van der Waals surface area contributed by atoms with Crippen molar-refractivity contribution in [3.63, 3.8) is 0 Å². The molecule has 2 heterocycles. The molecule has 1 N–H and O–H groups in total. The number of benzene rings is 2. The summed E-state index contributed by atoms with van der Waals surface area (Å²) in [6, 6.07) is 13.6. The molecule has 0 bridgehead atoms. The van der Waals surface area contributed by atoms with E-state index in [2.05, 4.69) is 48.3 Å². The number of methoxy groups -OCH3 is 1. The fraction of sp³-hybridized carbons (Fsp3) is 0.346. The second-order valence-electron chi connectivity index (χ2n) is 9.51. The van der Waals surface area contributed by atoms with Gasteiger partial charge in [0.25, 0.3) is 0 Å². The summed E-state index contributed by atoms with van der Waals surface area (Å²) in [4.78, 5) is 17.6. The van der Waals surface area contributed by atoms with Crippen molar-refractivity contribution >= 4 is 11.7 Å². The number of rotatable bonds is 5. The van der Waals surface area contributed by atoms with Gasteiger partial charge in [0.15, 0.2) is 17.3 Å². The molecule has 7 nitrogen and oxygen atoms in total. The first-order valence-electron chi connectivity index (χ1n) is 11.1. The number of nitrogens with zero attached hydrogens (tertiary/aromatic N) is 3. The summed E-state index contributed by atoms with van der Waals surface area (Å²) in [5.41, 5.74) is 4.80. The van der Waals surface area contributed by atoms with Crippen molar-refractivity contribution in [1.82, 2.24) is 14.8 Å². The van der Waals surface area contributed by atoms with Gasteiger partial charge in [-0.2, -0.15) is 10.1 Å². The minimum atomic E-state index is -0.360. The van der Waals surface area contributed by atoms with Crippen LogP contribution in [-0.4, -0.2) is 27.7 Å². The third kappa shape index (κ3) is 3.88. The second kappa shape index (κ2) is 8.06. The normalized spacial score (nSPS) is 18.9. The average Bonchev–Trinajstić information content (AvgIpc) is 3.24. The molecular formula is C26H28N4O3. The van der Waals surface area contributed by atoms with E-state index in [0.29, 0.717) is 30.5 Å². The predicted octanol–water partition coefficient (Wildman–Crippen LogP) is 4.83. The van der Waals surface area contributed by atoms with Gasteiger partial charge in [-0.05, 0) is 47.6 Å². The summed E-state index contributed by atoms with van der Waals surface area (Å²) in [6.45, 7) is 6.76. The SMILES string of the molecule is COc1cc(C2C3=C(CC(C)(C)CC3=O)Nc3ncnn32)ccc1OCc1ccccc1C. The molecule has 0 saturated heterocycles. The van der Waals surface area contributed by atoms with Gasteiger partial charge in [-0.3, -0.25) is 4.79 Å². The van der Waals surface area contributed by atoms with Crippen LogP contribution in [0.2, 0.25) is 0 Å². The van der Waals surface area contributed by atoms with E-state index in [0.717, 1.165) is 28.8 Å². The van der Waals surface area contributed by atoms with Crippen molar-refractivity contribution in [2.75, 3.05) is 12.4 Å². The summed E-state index contributed by atoms with van der Waals surface area (Å²) >= 11 is 0. The monoisotopic (exact) mass is 444 g/mol. The lowest BCUT2D eigenvalue weighted by Gasteiger charge is -2.38. The molecule has 1 aliphatic heterocycles. The number of Topliss-reactive ketones (excluding diaryl/α,β-unsaturated/α-hetero) is 1. The minimum absolute atomic E-state index is 0.0966. The summed E-state index contributed by atoms with van der Waals surface area (Å²) in [5.74, 6) is 2.05. The zero-order chi connectivity index (χ0) is 23.2. The maximum atomic E-state index is 13.3. The maximum absolute atomic E-state index is 13.3. The van der Waals surface area contributed by atoms with Crippen LogP contribution in [0.25, 0.3) is 0 Å². The van der Waals surface area contributed by atoms with Crippen molar-refractivity contribution in [2.24, 2.45) is 5.41 Å². The topological polar surface area (TPSA) is 78.3 Å². The molecule has 1 unspecified atom stereocenters. The van der Waals surface area contributed by atoms with Gasteiger partial charge < -0.3 is 14.8 Å². The Labute approximate surface area is 193 Å². The van der Waals surface area contributed by atoms with Crippen LogP contribution in [-0.2, 0) is 11.4 Å². The van der Waals surface area contributed by atoms with Gasteiger partial charge in [0.2, 0.25) is 5.95 Å². The number of ketones is 1. The fourth-order valence-corrected chi connectivity index (χ4v) is 4.76. The zero-order valence-corrected chi connectivity index (χ0v) is 19.4. The number of hydrogen-bond acceptors (Lipinski definition) is 6. The number of fused-ring (bicyclic) bond motifs is 1. The smallest absolute Gasteiger partial charge is 0.226 e. The van der Waals surface area contributed by atoms with Crippen molar-refractivity contribution in [3.8, 4) is 11.5 Å². The highest BCUT2D eigenvalue weighted by Gasteiger charge is 2.41. The molecule has 1 aliphatic carbocycles. The third-order valence-corrected chi connectivity index (χ3v) is 6.42. The van der Waals surface area contributed by atoms with Crippen LogP contribution >= 0.6 is 0 Å². The average molecular weight is 445 g/mol. The summed E-state index contributed by atoms with van der Waals surface area (Å²) in [5, 5.41) is 7.77. The molecule has 1 atom stereocenters. The largest absolute Gasteiger partial charge is 0.493 e. The van der Waals surface area contributed by atoms with Crippen LogP contribution in [0.4, 0.5) is 5.95 Å². The number of ether oxygens (including phenoxy) is 2. The molecule has 0 fully saturated rings. The highest BCUT2D eigenvalue weighted by molar-refractivity contribution is 6.00. The highest BCUT2D eigenvalue weighted by Crippen LogP contribution is 2.46. The summed E-state index contributed by atoms with van der Waals surface area (Å²) in [6.07, 6.45) is 2.80. The molecule has 170 valence electrons. The van der Waals surface area contributed by atoms with E-state index in [-0.39, 0.29) is 17.2 Å². The quantitative estimate of drug-likeness (QED) is 0.607. The van der Waals surface area contributed by atoms with E-state index >= 15 is 0 Å². The molecule has 0 spiro atoms. The van der Waals surface area contributed by atoms with Gasteiger partial charge in [-0.15, -0.1) is 0 Å². The lowest BCUT2D eigenvalue weighted by atomic mass is 9.73. The zero-order valence-electron chi connectivity index (χ0n) is 19.4. The first-order chi connectivity index (χ1) is 15.9. The van der Waals surface area contributed by atoms with Crippen molar-refractivity contribution in [3.05, 3.63) is 76.8 Å². The van der Waals surface area contributed by atoms with Crippen molar-refractivity contribution in [2.45, 2.75) is 46.3 Å². The molecule has 33 heavy (non-hydrogen) atoms. The van der Waals surface area contributed by atoms with Gasteiger partial charge in [0.1, 0.15) is 19.0 Å². The molecule has 3 aromatic rings. The first kappa shape index (κ1) is 21.2. The Morgan fingerprint density at radius 2 is 1.97 bits per heavy atom. The fourth-order valence-electron chi connectivity index (χ4n) is 4.76. The third-order valence-electron chi connectivity index (χ3n) is 6.42. The Hall–Kier alpha value is -3.61. The number of anilines is 1. The number of allylic oxidation sites excluding steroid dienone is 2. The van der Waals surface area contributed by atoms with Crippen LogP contribution in [0, 0.1) is 12.3 Å². The molecule has 0 saturated carbocycles. The highest BCUT2D eigenvalue weighted by atomic mass is 16.5. The van der Waals surface area contributed by atoms with Crippen molar-refractivity contribution in [1.29, 1.82) is 0 Å². The molecule has 7 heteroatoms. The van der Waals surface area contributed by atoms with Crippen LogP contribution in [0.3, 0.4) is 0 Å². The second-order valence-corrected chi connectivity index (χ2v) is 9.51. The standard InChI is InChI=1S/C26H28N4O3/c1-16-7-5-6-8-18(16)14-33-21-10-9-17(11-22(21)32-4)24-23-19(12-26(2,3)13-20(23)31)29-25-27-15-28-30(24)25/h5-11,15,24H,12-14H2,1-4H3,(H,27,28,29). The lowest BCUT2D eigenvalue weighted by Crippen LogP contribution is -2.36. The van der Waals surface area contributed by atoms with Crippen LogP contribution in [0.5, 0.6) is 11.5 Å². The van der Waals surface area contributed by atoms with Crippen LogP contribution in [0.15, 0.2) is 60.1 Å². The van der Waals surface area contributed by atoms with E-state index in [1.807, 2.05) is 30.3 Å². The van der Waals surface area contributed by atoms with Gasteiger partial charge in [0, 0.05) is 17.7 Å². The number of aryl methyl sites for hydroxylation is 1. The Morgan fingerprint density at radius 3 is 2.76 bits per heavy atom. The number of hydrogen-bond donors (Lipinski definition) is 1. The molecule has 2 aliphatic rings. The number of nitrogens with one attached hydrogen (secondary N) is 1. The molecule has 2 aromatic carbocycles. The van der Waals surface area contributed by atoms with E-state index in [4.69, 9.17) is 9.47 Å². The molecular weight excluding hydrogens is 416 g/mol. The van der Waals surface area contributed by atoms with Gasteiger partial charge >= 0.3 is 0 Å². The number of carbonyl (C=O) groups excluding carboxylic acids is 1. The Bertz CT molecular complexity index is 1260. The maximum Gasteiger partial charge on any atom is 0.226 e. The molecule has 5 rings (SSSR count). The van der Waals surface area contributed by atoms with E-state index in [1.165, 1.54) is 11.9 Å². The van der Waals surface area contributed by atoms with Gasteiger partial charge in [0.05, 0.1) is 7.11 Å². The Morgan fingerprint density at radius 1 is 1.15 bits per heavy atom. The molecule has 1 aromatic heterocycles. The van der Waals surface area contributed by atoms with E-state index in [1.54, 1.807) is 11.8 Å². The van der Waals surface area contributed by atoms with Crippen LogP contribution in [0.1, 0.15) is 49.4 Å². The number of aromatic nitrogens is 3. The van der Waals surface area contributed by atoms with E-state index in [9.17, 15) is 4.79 Å². The summed E-state index contributed by atoms with van der Waals surface area (Å²) < 4.78 is 13.5. The van der Waals surface area contributed by atoms with Gasteiger partial charge in [-0.1, -0.05) is 44.2 Å². The Kier molecular flexibility index (Phi) is 5.19. The minimum Gasteiger partial charge on any atom is -0.493 e. The van der Waals surface area contributed by atoms with E-state index < -0.39 is 0 Å². The number of carbonyl (C=O) groups is 1. The van der Waals surface area contributed by atoms with Crippen LogP contribution < -0.4 is 14.8 Å². The predicted molar refractivity (Wildman–Crippen MR) is 125 cm³/mol. The lowest BCUT2D eigenvalue weighted by molar-refractivity contribution is -0.118. The molecule has 0 radical (unpaired) electrons. The van der Waals surface area contributed by atoms with Gasteiger partial charge in [-0.25, -0.2) is 4.68 Å².